The van der Waals surface area contributed by atoms with Gasteiger partial charge in [0.25, 0.3) is 11.5 Å². The molecular weight excluding hydrogens is 364 g/mol. The highest BCUT2D eigenvalue weighted by Crippen LogP contribution is 2.41. The normalized spacial score (nSPS) is 20.2. The number of carbonyl (C=O) groups is 1. The highest BCUT2D eigenvalue weighted by molar-refractivity contribution is 5.95. The lowest BCUT2D eigenvalue weighted by molar-refractivity contribution is 0.0782. The molecule has 0 N–H and O–H groups in total. The highest BCUT2D eigenvalue weighted by atomic mass is 16.2. The second kappa shape index (κ2) is 6.65. The lowest BCUT2D eigenvalue weighted by Gasteiger charge is -2.23. The van der Waals surface area contributed by atoms with Gasteiger partial charge in [0.2, 0.25) is 0 Å². The van der Waals surface area contributed by atoms with Crippen LogP contribution in [0, 0.1) is 6.92 Å². The predicted molar refractivity (Wildman–Crippen MR) is 110 cm³/mol. The SMILES string of the molecule is Cc1ccccc1C(=O)N1CCC2(CCn3c2nnc(-c2ccccc2)c3=O)C1. The highest BCUT2D eigenvalue weighted by Gasteiger charge is 2.48. The average molecular weight is 386 g/mol. The number of nitrogens with zero attached hydrogens (tertiary/aromatic N) is 4. The van der Waals surface area contributed by atoms with Gasteiger partial charge in [-0.1, -0.05) is 48.5 Å². The molecule has 0 radical (unpaired) electrons. The zero-order chi connectivity index (χ0) is 20.0. The Hall–Kier alpha value is -3.28. The van der Waals surface area contributed by atoms with Gasteiger partial charge in [0, 0.05) is 30.8 Å². The molecule has 6 heteroatoms. The summed E-state index contributed by atoms with van der Waals surface area (Å²) in [5, 5.41) is 8.79. The molecular formula is C23H22N4O2. The molecule has 2 aliphatic rings. The zero-order valence-corrected chi connectivity index (χ0v) is 16.3. The number of fused-ring (bicyclic) bond motifs is 2. The number of amides is 1. The monoisotopic (exact) mass is 386 g/mol. The Morgan fingerprint density at radius 3 is 2.48 bits per heavy atom. The van der Waals surface area contributed by atoms with Crippen LogP contribution in [0.1, 0.15) is 34.6 Å². The molecule has 29 heavy (non-hydrogen) atoms. The molecule has 1 spiro atoms. The minimum absolute atomic E-state index is 0.0506. The maximum atomic E-state index is 13.1. The van der Waals surface area contributed by atoms with Gasteiger partial charge in [-0.05, 0) is 31.4 Å². The van der Waals surface area contributed by atoms with Crippen molar-refractivity contribution >= 4 is 5.91 Å². The van der Waals surface area contributed by atoms with Crippen LogP contribution in [-0.4, -0.2) is 38.7 Å². The average Bonchev–Trinajstić information content (AvgIpc) is 3.34. The van der Waals surface area contributed by atoms with E-state index in [1.54, 1.807) is 4.57 Å². The fraction of sp³-hybridized carbons (Fsp3) is 0.304. The number of rotatable bonds is 2. The van der Waals surface area contributed by atoms with E-state index in [-0.39, 0.29) is 16.9 Å². The van der Waals surface area contributed by atoms with Crippen molar-refractivity contribution in [2.24, 2.45) is 0 Å². The molecule has 1 fully saturated rings. The van der Waals surface area contributed by atoms with E-state index >= 15 is 0 Å². The van der Waals surface area contributed by atoms with E-state index in [2.05, 4.69) is 10.2 Å². The van der Waals surface area contributed by atoms with Crippen molar-refractivity contribution in [2.75, 3.05) is 13.1 Å². The summed E-state index contributed by atoms with van der Waals surface area (Å²) in [6.45, 7) is 3.83. The number of aryl methyl sites for hydroxylation is 1. The topological polar surface area (TPSA) is 68.1 Å². The van der Waals surface area contributed by atoms with E-state index in [1.165, 1.54) is 0 Å². The Morgan fingerprint density at radius 2 is 1.69 bits per heavy atom. The molecule has 0 aliphatic carbocycles. The summed E-state index contributed by atoms with van der Waals surface area (Å²) in [7, 11) is 0. The number of benzene rings is 2. The molecule has 2 aromatic carbocycles. The van der Waals surface area contributed by atoms with Crippen LogP contribution in [0.25, 0.3) is 11.3 Å². The minimum Gasteiger partial charge on any atom is -0.338 e. The van der Waals surface area contributed by atoms with Crippen LogP contribution in [-0.2, 0) is 12.0 Å². The lowest BCUT2D eigenvalue weighted by Crippen LogP contribution is -2.35. The summed E-state index contributed by atoms with van der Waals surface area (Å²) < 4.78 is 1.76. The number of hydrogen-bond donors (Lipinski definition) is 0. The van der Waals surface area contributed by atoms with E-state index in [4.69, 9.17) is 0 Å². The van der Waals surface area contributed by atoms with Gasteiger partial charge in [0.15, 0.2) is 5.69 Å². The second-order valence-corrected chi connectivity index (χ2v) is 8.02. The van der Waals surface area contributed by atoms with Gasteiger partial charge < -0.3 is 4.90 Å². The molecule has 1 aromatic heterocycles. The van der Waals surface area contributed by atoms with Gasteiger partial charge in [0.05, 0.1) is 5.41 Å². The molecule has 6 nitrogen and oxygen atoms in total. The Morgan fingerprint density at radius 1 is 0.966 bits per heavy atom. The van der Waals surface area contributed by atoms with Crippen molar-refractivity contribution in [1.82, 2.24) is 19.7 Å². The standard InChI is InChI=1S/C23H22N4O2/c1-16-7-5-6-10-18(16)20(28)26-13-11-23(15-26)12-14-27-21(29)19(24-25-22(23)27)17-8-3-2-4-9-17/h2-10H,11-15H2,1H3. The van der Waals surface area contributed by atoms with Crippen LogP contribution in [0.5, 0.6) is 0 Å². The molecule has 0 bridgehead atoms. The van der Waals surface area contributed by atoms with Crippen molar-refractivity contribution in [1.29, 1.82) is 0 Å². The summed E-state index contributed by atoms with van der Waals surface area (Å²) in [4.78, 5) is 28.0. The predicted octanol–water partition coefficient (Wildman–Crippen LogP) is 2.80. The second-order valence-electron chi connectivity index (χ2n) is 8.02. The number of carbonyl (C=O) groups excluding carboxylic acids is 1. The van der Waals surface area contributed by atoms with Crippen LogP contribution in [0.2, 0.25) is 0 Å². The molecule has 2 aliphatic heterocycles. The van der Waals surface area contributed by atoms with Gasteiger partial charge in [-0.25, -0.2) is 0 Å². The summed E-state index contributed by atoms with van der Waals surface area (Å²) in [5.74, 6) is 0.775. The Labute approximate surface area is 168 Å². The smallest absolute Gasteiger partial charge is 0.280 e. The van der Waals surface area contributed by atoms with Crippen molar-refractivity contribution in [3.05, 3.63) is 81.9 Å². The van der Waals surface area contributed by atoms with Gasteiger partial charge in [-0.2, -0.15) is 0 Å². The molecule has 1 amide bonds. The van der Waals surface area contributed by atoms with Crippen LogP contribution < -0.4 is 5.56 Å². The maximum absolute atomic E-state index is 13.1. The molecule has 1 saturated heterocycles. The molecule has 3 heterocycles. The summed E-state index contributed by atoms with van der Waals surface area (Å²) in [6, 6.07) is 17.1. The Balaban J connectivity index is 1.47. The fourth-order valence-corrected chi connectivity index (χ4v) is 4.65. The van der Waals surface area contributed by atoms with Gasteiger partial charge >= 0.3 is 0 Å². The van der Waals surface area contributed by atoms with Crippen LogP contribution in [0.3, 0.4) is 0 Å². The summed E-state index contributed by atoms with van der Waals surface area (Å²) in [5.41, 5.74) is 2.52. The Bertz CT molecular complexity index is 1160. The van der Waals surface area contributed by atoms with Gasteiger partial charge in [-0.15, -0.1) is 10.2 Å². The lowest BCUT2D eigenvalue weighted by atomic mass is 9.85. The first-order valence-electron chi connectivity index (χ1n) is 9.97. The van der Waals surface area contributed by atoms with Gasteiger partial charge in [0.1, 0.15) is 5.82 Å². The molecule has 5 rings (SSSR count). The first-order valence-corrected chi connectivity index (χ1v) is 9.97. The molecule has 146 valence electrons. The molecule has 3 aromatic rings. The molecule has 0 saturated carbocycles. The minimum atomic E-state index is -0.278. The van der Waals surface area contributed by atoms with Crippen LogP contribution in [0.4, 0.5) is 0 Å². The maximum Gasteiger partial charge on any atom is 0.280 e. The van der Waals surface area contributed by atoms with Crippen molar-refractivity contribution in [2.45, 2.75) is 31.7 Å². The number of likely N-dealkylation sites (tertiary alicyclic amines) is 1. The van der Waals surface area contributed by atoms with E-state index < -0.39 is 0 Å². The first-order chi connectivity index (χ1) is 14.1. The number of aromatic nitrogens is 3. The van der Waals surface area contributed by atoms with Crippen molar-refractivity contribution in [3.8, 4) is 11.3 Å². The van der Waals surface area contributed by atoms with E-state index in [0.717, 1.165) is 35.4 Å². The number of hydrogen-bond acceptors (Lipinski definition) is 4. The van der Waals surface area contributed by atoms with Crippen LogP contribution in [0.15, 0.2) is 59.4 Å². The van der Waals surface area contributed by atoms with Gasteiger partial charge in [-0.3, -0.25) is 14.2 Å². The third-order valence-electron chi connectivity index (χ3n) is 6.30. The largest absolute Gasteiger partial charge is 0.338 e. The van der Waals surface area contributed by atoms with Crippen molar-refractivity contribution < 1.29 is 4.79 Å². The third-order valence-corrected chi connectivity index (χ3v) is 6.30. The zero-order valence-electron chi connectivity index (χ0n) is 16.3. The fourth-order valence-electron chi connectivity index (χ4n) is 4.65. The Kier molecular flexibility index (Phi) is 4.08. The van der Waals surface area contributed by atoms with E-state index in [1.807, 2.05) is 66.4 Å². The third kappa shape index (κ3) is 2.78. The van der Waals surface area contributed by atoms with E-state index in [0.29, 0.717) is 25.3 Å². The van der Waals surface area contributed by atoms with Crippen LogP contribution >= 0.6 is 0 Å². The quantitative estimate of drug-likeness (QED) is 0.679. The van der Waals surface area contributed by atoms with E-state index in [9.17, 15) is 9.59 Å². The van der Waals surface area contributed by atoms with Crippen molar-refractivity contribution in [3.63, 3.8) is 0 Å². The molecule has 1 atom stereocenters. The first kappa shape index (κ1) is 17.8. The molecule has 1 unspecified atom stereocenters. The summed E-state index contributed by atoms with van der Waals surface area (Å²) >= 11 is 0. The summed E-state index contributed by atoms with van der Waals surface area (Å²) in [6.07, 6.45) is 1.62.